The molecule has 0 spiro atoms. The van der Waals surface area contributed by atoms with E-state index in [1.165, 1.54) is 5.39 Å². The molecule has 0 saturated heterocycles. The van der Waals surface area contributed by atoms with Gasteiger partial charge in [0.05, 0.1) is 16.9 Å². The van der Waals surface area contributed by atoms with Crippen molar-refractivity contribution in [1.29, 1.82) is 0 Å². The van der Waals surface area contributed by atoms with Crippen LogP contribution in [0.25, 0.3) is 89.6 Å². The predicted octanol–water partition coefficient (Wildman–Crippen LogP) is 10.4. The van der Waals surface area contributed by atoms with Crippen molar-refractivity contribution in [2.75, 3.05) is 0 Å². The third-order valence-electron chi connectivity index (χ3n) is 8.86. The molecule has 234 valence electrons. The molecule has 0 atom stereocenters. The molecule has 4 aromatic heterocycles. The number of aromatic nitrogens is 6. The van der Waals surface area contributed by atoms with Gasteiger partial charge in [-0.2, -0.15) is 0 Å². The fourth-order valence-corrected chi connectivity index (χ4v) is 6.28. The lowest BCUT2D eigenvalue weighted by Gasteiger charge is -2.10. The molecule has 0 radical (unpaired) electrons. The first-order valence-corrected chi connectivity index (χ1v) is 16.4. The van der Waals surface area contributed by atoms with E-state index in [4.69, 9.17) is 29.9 Å². The zero-order chi connectivity index (χ0) is 33.3. The Hall–Kier alpha value is -6.92. The standard InChI is InChI=1S/C44H28N6/c1-3-11-29(12-4-1)30-19-21-32(22-20-30)43-48-42(31-13-5-2-6-14-31)49-44(50-43)40-26-24-34(28-46-40)33-23-25-39(45-27-33)41-37-17-8-7-15-35(37)36-16-9-10-18-38(36)47-41/h1-28H. The molecule has 9 aromatic rings. The van der Waals surface area contributed by atoms with E-state index in [0.717, 1.165) is 61.1 Å². The van der Waals surface area contributed by atoms with Gasteiger partial charge in [-0.25, -0.2) is 19.9 Å². The average molecular weight is 641 g/mol. The lowest BCUT2D eigenvalue weighted by Crippen LogP contribution is -2.01. The Morgan fingerprint density at radius 2 is 0.740 bits per heavy atom. The van der Waals surface area contributed by atoms with E-state index >= 15 is 0 Å². The first-order valence-electron chi connectivity index (χ1n) is 16.4. The normalized spacial score (nSPS) is 11.2. The van der Waals surface area contributed by atoms with Crippen LogP contribution in [0.4, 0.5) is 0 Å². The number of rotatable bonds is 6. The Morgan fingerprint density at radius 3 is 1.38 bits per heavy atom. The van der Waals surface area contributed by atoms with Gasteiger partial charge in [0.25, 0.3) is 0 Å². The Labute approximate surface area is 288 Å². The molecule has 50 heavy (non-hydrogen) atoms. The summed E-state index contributed by atoms with van der Waals surface area (Å²) >= 11 is 0. The fourth-order valence-electron chi connectivity index (χ4n) is 6.28. The molecular weight excluding hydrogens is 613 g/mol. The molecule has 0 saturated carbocycles. The van der Waals surface area contributed by atoms with Crippen molar-refractivity contribution in [2.45, 2.75) is 0 Å². The first-order chi connectivity index (χ1) is 24.8. The van der Waals surface area contributed by atoms with E-state index in [2.05, 4.69) is 72.8 Å². The number of hydrogen-bond donors (Lipinski definition) is 0. The van der Waals surface area contributed by atoms with E-state index in [-0.39, 0.29) is 0 Å². The molecule has 6 nitrogen and oxygen atoms in total. The summed E-state index contributed by atoms with van der Waals surface area (Å²) in [5.74, 6) is 1.70. The fraction of sp³-hybridized carbons (Fsp3) is 0. The monoisotopic (exact) mass is 640 g/mol. The molecule has 0 amide bonds. The Bertz CT molecular complexity index is 2600. The van der Waals surface area contributed by atoms with Gasteiger partial charge in [0.2, 0.25) is 0 Å². The number of nitrogens with zero attached hydrogens (tertiary/aromatic N) is 6. The number of benzene rings is 5. The van der Waals surface area contributed by atoms with Gasteiger partial charge in [-0.3, -0.25) is 9.97 Å². The van der Waals surface area contributed by atoms with Crippen molar-refractivity contribution in [2.24, 2.45) is 0 Å². The number of para-hydroxylation sites is 1. The smallest absolute Gasteiger partial charge is 0.182 e. The maximum Gasteiger partial charge on any atom is 0.182 e. The second kappa shape index (κ2) is 12.6. The maximum absolute atomic E-state index is 5.00. The number of fused-ring (bicyclic) bond motifs is 3. The molecule has 0 bridgehead atoms. The predicted molar refractivity (Wildman–Crippen MR) is 201 cm³/mol. The summed E-state index contributed by atoms with van der Waals surface area (Å²) in [5.41, 5.74) is 9.31. The molecule has 0 aliphatic heterocycles. The second-order valence-electron chi connectivity index (χ2n) is 12.0. The minimum atomic E-state index is 0.510. The molecule has 0 fully saturated rings. The summed E-state index contributed by atoms with van der Waals surface area (Å²) in [7, 11) is 0. The molecule has 6 heteroatoms. The minimum absolute atomic E-state index is 0.510. The van der Waals surface area contributed by atoms with Gasteiger partial charge in [-0.1, -0.05) is 140 Å². The lowest BCUT2D eigenvalue weighted by molar-refractivity contribution is 1.06. The maximum atomic E-state index is 5.00. The van der Waals surface area contributed by atoms with Crippen LogP contribution in [0.5, 0.6) is 0 Å². The molecule has 5 aromatic carbocycles. The summed E-state index contributed by atoms with van der Waals surface area (Å²) < 4.78 is 0. The van der Waals surface area contributed by atoms with Crippen LogP contribution in [0.3, 0.4) is 0 Å². The van der Waals surface area contributed by atoms with Gasteiger partial charge in [0.15, 0.2) is 17.5 Å². The quantitative estimate of drug-likeness (QED) is 0.168. The summed E-state index contributed by atoms with van der Waals surface area (Å²) in [5, 5.41) is 3.38. The van der Waals surface area contributed by atoms with Crippen molar-refractivity contribution in [3.05, 3.63) is 170 Å². The van der Waals surface area contributed by atoms with Gasteiger partial charge in [-0.05, 0) is 34.7 Å². The van der Waals surface area contributed by atoms with E-state index in [0.29, 0.717) is 23.2 Å². The highest BCUT2D eigenvalue weighted by Crippen LogP contribution is 2.33. The molecule has 0 N–H and O–H groups in total. The molecular formula is C44H28N6. The molecule has 0 aliphatic carbocycles. The van der Waals surface area contributed by atoms with Gasteiger partial charge in [0, 0.05) is 45.4 Å². The highest BCUT2D eigenvalue weighted by atomic mass is 15.0. The van der Waals surface area contributed by atoms with Crippen LogP contribution >= 0.6 is 0 Å². The van der Waals surface area contributed by atoms with Crippen molar-refractivity contribution in [3.8, 4) is 67.9 Å². The SMILES string of the molecule is c1ccc(-c2ccc(-c3nc(-c4ccccc4)nc(-c4ccc(-c5ccc(-c6nc7ccccc7c7ccccc67)nc5)cn4)n3)cc2)cc1. The van der Waals surface area contributed by atoms with E-state index in [9.17, 15) is 0 Å². The van der Waals surface area contributed by atoms with Gasteiger partial charge >= 0.3 is 0 Å². The van der Waals surface area contributed by atoms with Crippen molar-refractivity contribution < 1.29 is 0 Å². The number of hydrogen-bond acceptors (Lipinski definition) is 6. The van der Waals surface area contributed by atoms with Gasteiger partial charge < -0.3 is 0 Å². The van der Waals surface area contributed by atoms with Crippen LogP contribution in [-0.4, -0.2) is 29.9 Å². The van der Waals surface area contributed by atoms with E-state index < -0.39 is 0 Å². The molecule has 9 rings (SSSR count). The Kier molecular flexibility index (Phi) is 7.37. The average Bonchev–Trinajstić information content (AvgIpc) is 3.21. The molecule has 0 unspecified atom stereocenters. The summed E-state index contributed by atoms with van der Waals surface area (Å²) in [6, 6.07) is 53.3. The highest BCUT2D eigenvalue weighted by Gasteiger charge is 2.15. The van der Waals surface area contributed by atoms with Crippen molar-refractivity contribution >= 4 is 21.7 Å². The molecule has 0 aliphatic rings. The van der Waals surface area contributed by atoms with Crippen molar-refractivity contribution in [1.82, 2.24) is 29.9 Å². The third-order valence-corrected chi connectivity index (χ3v) is 8.86. The zero-order valence-corrected chi connectivity index (χ0v) is 26.8. The largest absolute Gasteiger partial charge is 0.254 e. The topological polar surface area (TPSA) is 77.3 Å². The summed E-state index contributed by atoms with van der Waals surface area (Å²) in [6.45, 7) is 0. The third kappa shape index (κ3) is 5.55. The summed E-state index contributed by atoms with van der Waals surface area (Å²) in [6.07, 6.45) is 3.72. The Balaban J connectivity index is 1.04. The highest BCUT2D eigenvalue weighted by molar-refractivity contribution is 6.10. The van der Waals surface area contributed by atoms with Gasteiger partial charge in [-0.15, -0.1) is 0 Å². The minimum Gasteiger partial charge on any atom is -0.254 e. The number of pyridine rings is 3. The first kappa shape index (κ1) is 29.2. The molecule has 4 heterocycles. The van der Waals surface area contributed by atoms with Crippen LogP contribution in [-0.2, 0) is 0 Å². The van der Waals surface area contributed by atoms with Crippen molar-refractivity contribution in [3.63, 3.8) is 0 Å². The lowest BCUT2D eigenvalue weighted by atomic mass is 10.0. The zero-order valence-electron chi connectivity index (χ0n) is 26.8. The second-order valence-corrected chi connectivity index (χ2v) is 12.0. The summed E-state index contributed by atoms with van der Waals surface area (Å²) in [4.78, 5) is 29.3. The van der Waals surface area contributed by atoms with Crippen LogP contribution in [0.1, 0.15) is 0 Å². The van der Waals surface area contributed by atoms with Crippen LogP contribution in [0.15, 0.2) is 170 Å². The van der Waals surface area contributed by atoms with Crippen LogP contribution < -0.4 is 0 Å². The van der Waals surface area contributed by atoms with Gasteiger partial charge in [0.1, 0.15) is 5.69 Å². The van der Waals surface area contributed by atoms with E-state index in [1.807, 2.05) is 97.3 Å². The van der Waals surface area contributed by atoms with E-state index in [1.54, 1.807) is 0 Å². The van der Waals surface area contributed by atoms with Crippen LogP contribution in [0, 0.1) is 0 Å². The Morgan fingerprint density at radius 1 is 0.280 bits per heavy atom. The van der Waals surface area contributed by atoms with Crippen LogP contribution in [0.2, 0.25) is 0 Å².